The molecule has 0 spiro atoms. The molecule has 0 saturated carbocycles. The monoisotopic (exact) mass is 245 g/mol. The summed E-state index contributed by atoms with van der Waals surface area (Å²) >= 11 is 0. The van der Waals surface area contributed by atoms with Crippen LogP contribution in [0.4, 0.5) is 5.69 Å². The van der Waals surface area contributed by atoms with Gasteiger partial charge in [0.25, 0.3) is 0 Å². The highest BCUT2D eigenvalue weighted by molar-refractivity contribution is 5.65. The Balaban J connectivity index is 1.97. The van der Waals surface area contributed by atoms with Crippen molar-refractivity contribution in [2.75, 3.05) is 12.3 Å². The van der Waals surface area contributed by atoms with E-state index in [1.165, 1.54) is 0 Å². The number of nitrogens with two attached hydrogens (primary N) is 1. The van der Waals surface area contributed by atoms with Crippen LogP contribution in [0.2, 0.25) is 0 Å². The molecule has 0 aliphatic rings. The number of nitrogens with zero attached hydrogens (tertiary/aromatic N) is 2. The van der Waals surface area contributed by atoms with Crippen molar-refractivity contribution in [3.63, 3.8) is 0 Å². The summed E-state index contributed by atoms with van der Waals surface area (Å²) in [5, 5.41) is 13.0. The fourth-order valence-corrected chi connectivity index (χ4v) is 1.92. The number of aliphatic hydroxyl groups is 1. The number of unbranched alkanes of at least 4 members (excludes halogenated alkanes) is 2. The van der Waals surface area contributed by atoms with Crippen LogP contribution in [-0.4, -0.2) is 21.5 Å². The first kappa shape index (κ1) is 12.6. The molecule has 0 amide bonds. The number of rotatable bonds is 6. The van der Waals surface area contributed by atoms with Crippen LogP contribution in [0, 0.1) is 0 Å². The number of nitrogen functional groups attached to an aromatic ring is 1. The minimum absolute atomic E-state index is 0.271. The van der Waals surface area contributed by atoms with E-state index in [4.69, 9.17) is 10.8 Å². The summed E-state index contributed by atoms with van der Waals surface area (Å²) in [5.74, 6) is 0. The predicted molar refractivity (Wildman–Crippen MR) is 73.0 cm³/mol. The third-order valence-electron chi connectivity index (χ3n) is 2.90. The zero-order valence-corrected chi connectivity index (χ0v) is 10.4. The number of hydrogen-bond acceptors (Lipinski definition) is 3. The summed E-state index contributed by atoms with van der Waals surface area (Å²) in [4.78, 5) is 0. The van der Waals surface area contributed by atoms with Gasteiger partial charge in [-0.1, -0.05) is 12.1 Å². The number of benzene rings is 1. The predicted octanol–water partition coefficient (Wildman–Crippen LogP) is 2.29. The fraction of sp³-hybridized carbons (Fsp3) is 0.357. The van der Waals surface area contributed by atoms with E-state index in [0.717, 1.165) is 42.6 Å². The molecule has 0 radical (unpaired) electrons. The van der Waals surface area contributed by atoms with Gasteiger partial charge >= 0.3 is 0 Å². The number of anilines is 1. The van der Waals surface area contributed by atoms with Crippen LogP contribution in [0.15, 0.2) is 36.7 Å². The van der Waals surface area contributed by atoms with E-state index in [1.807, 2.05) is 41.3 Å². The van der Waals surface area contributed by atoms with E-state index in [9.17, 15) is 0 Å². The normalized spacial score (nSPS) is 10.7. The summed E-state index contributed by atoms with van der Waals surface area (Å²) < 4.78 is 1.94. The third kappa shape index (κ3) is 3.34. The van der Waals surface area contributed by atoms with Crippen LogP contribution in [-0.2, 0) is 6.54 Å². The number of hydrogen-bond donors (Lipinski definition) is 2. The molecular weight excluding hydrogens is 226 g/mol. The molecule has 0 aliphatic carbocycles. The van der Waals surface area contributed by atoms with E-state index in [-0.39, 0.29) is 6.61 Å². The van der Waals surface area contributed by atoms with Gasteiger partial charge in [-0.2, -0.15) is 5.10 Å². The molecule has 1 aromatic carbocycles. The van der Waals surface area contributed by atoms with Crippen molar-refractivity contribution >= 4 is 5.69 Å². The molecule has 2 rings (SSSR count). The van der Waals surface area contributed by atoms with Gasteiger partial charge in [-0.3, -0.25) is 4.68 Å². The number of aryl methyl sites for hydroxylation is 1. The van der Waals surface area contributed by atoms with Crippen LogP contribution in [0.25, 0.3) is 11.1 Å². The van der Waals surface area contributed by atoms with E-state index in [2.05, 4.69) is 5.10 Å². The SMILES string of the molecule is Nc1cccc(-c2cnn(CCCCCO)c2)c1. The molecule has 0 unspecified atom stereocenters. The Morgan fingerprint density at radius 3 is 2.83 bits per heavy atom. The van der Waals surface area contributed by atoms with E-state index >= 15 is 0 Å². The molecular formula is C14H19N3O. The van der Waals surface area contributed by atoms with Crippen molar-refractivity contribution in [2.45, 2.75) is 25.8 Å². The second-order valence-corrected chi connectivity index (χ2v) is 4.40. The van der Waals surface area contributed by atoms with E-state index in [1.54, 1.807) is 0 Å². The zero-order chi connectivity index (χ0) is 12.8. The molecule has 18 heavy (non-hydrogen) atoms. The van der Waals surface area contributed by atoms with Crippen molar-refractivity contribution in [1.29, 1.82) is 0 Å². The molecule has 1 heterocycles. The topological polar surface area (TPSA) is 64.1 Å². The van der Waals surface area contributed by atoms with Gasteiger partial charge in [0, 0.05) is 30.6 Å². The van der Waals surface area contributed by atoms with Gasteiger partial charge < -0.3 is 10.8 Å². The maximum Gasteiger partial charge on any atom is 0.0568 e. The highest BCUT2D eigenvalue weighted by Gasteiger charge is 2.01. The van der Waals surface area contributed by atoms with Crippen molar-refractivity contribution in [3.8, 4) is 11.1 Å². The van der Waals surface area contributed by atoms with Crippen LogP contribution in [0.1, 0.15) is 19.3 Å². The highest BCUT2D eigenvalue weighted by atomic mass is 16.2. The Kier molecular flexibility index (Phi) is 4.36. The second-order valence-electron chi connectivity index (χ2n) is 4.40. The molecule has 96 valence electrons. The molecule has 4 heteroatoms. The smallest absolute Gasteiger partial charge is 0.0568 e. The van der Waals surface area contributed by atoms with Gasteiger partial charge in [-0.25, -0.2) is 0 Å². The van der Waals surface area contributed by atoms with Crippen LogP contribution in [0.3, 0.4) is 0 Å². The summed E-state index contributed by atoms with van der Waals surface area (Å²) in [6.45, 7) is 1.16. The molecule has 0 saturated heterocycles. The van der Waals surface area contributed by atoms with Crippen LogP contribution >= 0.6 is 0 Å². The van der Waals surface area contributed by atoms with Crippen molar-refractivity contribution in [3.05, 3.63) is 36.7 Å². The Bertz CT molecular complexity index is 493. The molecule has 0 atom stereocenters. The van der Waals surface area contributed by atoms with Gasteiger partial charge in [0.15, 0.2) is 0 Å². The number of aromatic nitrogens is 2. The molecule has 4 nitrogen and oxygen atoms in total. The number of aliphatic hydroxyl groups excluding tert-OH is 1. The van der Waals surface area contributed by atoms with Crippen molar-refractivity contribution in [1.82, 2.24) is 9.78 Å². The van der Waals surface area contributed by atoms with Crippen molar-refractivity contribution < 1.29 is 5.11 Å². The lowest BCUT2D eigenvalue weighted by Crippen LogP contribution is -1.98. The maximum atomic E-state index is 8.71. The summed E-state index contributed by atoms with van der Waals surface area (Å²) in [5.41, 5.74) is 8.71. The maximum absolute atomic E-state index is 8.71. The molecule has 0 aliphatic heterocycles. The average molecular weight is 245 g/mol. The van der Waals surface area contributed by atoms with Crippen molar-refractivity contribution in [2.24, 2.45) is 0 Å². The lowest BCUT2D eigenvalue weighted by atomic mass is 10.1. The lowest BCUT2D eigenvalue weighted by Gasteiger charge is -2.00. The van der Waals surface area contributed by atoms with Gasteiger partial charge in [0.05, 0.1) is 6.20 Å². The largest absolute Gasteiger partial charge is 0.399 e. The third-order valence-corrected chi connectivity index (χ3v) is 2.90. The lowest BCUT2D eigenvalue weighted by molar-refractivity contribution is 0.281. The Morgan fingerprint density at radius 1 is 1.17 bits per heavy atom. The molecule has 0 fully saturated rings. The van der Waals surface area contributed by atoms with Crippen LogP contribution < -0.4 is 5.73 Å². The first-order valence-electron chi connectivity index (χ1n) is 6.29. The molecule has 2 aromatic rings. The Hall–Kier alpha value is -1.81. The second kappa shape index (κ2) is 6.21. The Labute approximate surface area is 107 Å². The first-order valence-corrected chi connectivity index (χ1v) is 6.29. The van der Waals surface area contributed by atoms with Crippen LogP contribution in [0.5, 0.6) is 0 Å². The highest BCUT2D eigenvalue weighted by Crippen LogP contribution is 2.20. The summed E-state index contributed by atoms with van der Waals surface area (Å²) in [7, 11) is 0. The minimum Gasteiger partial charge on any atom is -0.399 e. The first-order chi connectivity index (χ1) is 8.79. The summed E-state index contributed by atoms with van der Waals surface area (Å²) in [6, 6.07) is 7.81. The van der Waals surface area contributed by atoms with Gasteiger partial charge in [-0.05, 0) is 37.0 Å². The van der Waals surface area contributed by atoms with E-state index in [0.29, 0.717) is 0 Å². The quantitative estimate of drug-likeness (QED) is 0.606. The standard InChI is InChI=1S/C14H19N3O/c15-14-6-4-5-12(9-14)13-10-16-17(11-13)7-2-1-3-8-18/h4-6,9-11,18H,1-3,7-8,15H2. The molecule has 3 N–H and O–H groups in total. The van der Waals surface area contributed by atoms with E-state index < -0.39 is 0 Å². The summed E-state index contributed by atoms with van der Waals surface area (Å²) in [6.07, 6.45) is 6.83. The molecule has 0 bridgehead atoms. The fourth-order valence-electron chi connectivity index (χ4n) is 1.92. The molecule has 1 aromatic heterocycles. The van der Waals surface area contributed by atoms with Gasteiger partial charge in [-0.15, -0.1) is 0 Å². The average Bonchev–Trinajstić information content (AvgIpc) is 2.83. The zero-order valence-electron chi connectivity index (χ0n) is 10.4. The van der Waals surface area contributed by atoms with Gasteiger partial charge in [0.2, 0.25) is 0 Å². The van der Waals surface area contributed by atoms with Gasteiger partial charge in [0.1, 0.15) is 0 Å². The minimum atomic E-state index is 0.271. The Morgan fingerprint density at radius 2 is 2.06 bits per heavy atom.